The van der Waals surface area contributed by atoms with E-state index in [-0.39, 0.29) is 11.3 Å². The van der Waals surface area contributed by atoms with E-state index in [1.54, 1.807) is 19.9 Å². The Morgan fingerprint density at radius 3 is 2.53 bits per heavy atom. The highest BCUT2D eigenvalue weighted by Crippen LogP contribution is 2.25. The predicted molar refractivity (Wildman–Crippen MR) is 54.8 cm³/mol. The molecule has 1 aromatic rings. The van der Waals surface area contributed by atoms with Crippen LogP contribution >= 0.6 is 0 Å². The summed E-state index contributed by atoms with van der Waals surface area (Å²) < 4.78 is 13.1. The van der Waals surface area contributed by atoms with Crippen molar-refractivity contribution in [1.82, 2.24) is 0 Å². The van der Waals surface area contributed by atoms with Crippen molar-refractivity contribution in [2.24, 2.45) is 0 Å². The molecule has 1 aromatic carbocycles. The molecule has 0 aliphatic carbocycles. The van der Waals surface area contributed by atoms with E-state index in [1.807, 2.05) is 0 Å². The van der Waals surface area contributed by atoms with Gasteiger partial charge in [-0.15, -0.1) is 0 Å². The summed E-state index contributed by atoms with van der Waals surface area (Å²) >= 11 is 0. The van der Waals surface area contributed by atoms with Gasteiger partial charge in [-0.25, -0.2) is 4.39 Å². The third-order valence-electron chi connectivity index (χ3n) is 2.69. The molecule has 0 aliphatic heterocycles. The quantitative estimate of drug-likeness (QED) is 0.744. The molecule has 15 heavy (non-hydrogen) atoms. The number of carbonyl (C=O) groups is 1. The first-order valence-electron chi connectivity index (χ1n) is 4.60. The summed E-state index contributed by atoms with van der Waals surface area (Å²) in [5.41, 5.74) is -0.0472. The van der Waals surface area contributed by atoms with E-state index < -0.39 is 11.2 Å². The zero-order valence-corrected chi connectivity index (χ0v) is 8.97. The van der Waals surface area contributed by atoms with Crippen LogP contribution in [0.4, 0.5) is 4.39 Å². The monoisotopic (exact) mass is 205 g/mol. The van der Waals surface area contributed by atoms with Gasteiger partial charge in [-0.05, 0) is 38.5 Å². The summed E-state index contributed by atoms with van der Waals surface area (Å²) in [4.78, 5) is 11.4. The maximum atomic E-state index is 13.1. The normalized spacial score (nSPS) is 10.9. The van der Waals surface area contributed by atoms with E-state index in [4.69, 9.17) is 5.26 Å². The number of hydrogen-bond donors (Lipinski definition) is 0. The molecule has 0 bridgehead atoms. The van der Waals surface area contributed by atoms with Gasteiger partial charge < -0.3 is 0 Å². The Hall–Kier alpha value is -1.69. The molecule has 1 rings (SSSR count). The van der Waals surface area contributed by atoms with Gasteiger partial charge >= 0.3 is 0 Å². The summed E-state index contributed by atoms with van der Waals surface area (Å²) in [6.45, 7) is 4.99. The Kier molecular flexibility index (Phi) is 2.90. The van der Waals surface area contributed by atoms with Crippen molar-refractivity contribution in [3.8, 4) is 6.07 Å². The number of nitrogens with zero attached hydrogens (tertiary/aromatic N) is 1. The van der Waals surface area contributed by atoms with Crippen molar-refractivity contribution in [3.05, 3.63) is 35.1 Å². The first kappa shape index (κ1) is 11.4. The average molecular weight is 205 g/mol. The Balaban J connectivity index is 3.30. The van der Waals surface area contributed by atoms with Crippen molar-refractivity contribution in [3.63, 3.8) is 0 Å². The molecule has 0 aliphatic rings. The summed E-state index contributed by atoms with van der Waals surface area (Å²) in [5.74, 6) is -0.571. The molecule has 0 radical (unpaired) electrons. The predicted octanol–water partition coefficient (Wildman–Crippen LogP) is 2.56. The van der Waals surface area contributed by atoms with Crippen LogP contribution in [0.3, 0.4) is 0 Å². The lowest BCUT2D eigenvalue weighted by Crippen LogP contribution is -2.26. The van der Waals surface area contributed by atoms with Crippen molar-refractivity contribution < 1.29 is 9.18 Å². The van der Waals surface area contributed by atoms with Crippen LogP contribution in [-0.4, -0.2) is 5.78 Å². The smallest absolute Gasteiger partial charge is 0.140 e. The van der Waals surface area contributed by atoms with Crippen LogP contribution in [0, 0.1) is 17.1 Å². The fourth-order valence-electron chi connectivity index (χ4n) is 1.20. The molecular formula is C12H12FNO. The first-order chi connectivity index (χ1) is 6.89. The van der Waals surface area contributed by atoms with Gasteiger partial charge in [0.2, 0.25) is 0 Å². The number of benzene rings is 1. The maximum Gasteiger partial charge on any atom is 0.140 e. The standard InChI is InChI=1S/C12H12FNO/c1-8(15)12(2,3)10-4-5-11(13)9(6-10)7-14/h4-6H,1-3H3. The maximum absolute atomic E-state index is 13.1. The second-order valence-corrected chi connectivity index (χ2v) is 3.99. The van der Waals surface area contributed by atoms with Gasteiger partial charge in [-0.3, -0.25) is 4.79 Å². The van der Waals surface area contributed by atoms with Crippen LogP contribution in [0.1, 0.15) is 31.9 Å². The summed E-state index contributed by atoms with van der Waals surface area (Å²) in [5, 5.41) is 8.67. The van der Waals surface area contributed by atoms with Crippen molar-refractivity contribution in [1.29, 1.82) is 5.26 Å². The Labute approximate surface area is 88.3 Å². The Morgan fingerprint density at radius 1 is 1.47 bits per heavy atom. The highest BCUT2D eigenvalue weighted by Gasteiger charge is 2.26. The lowest BCUT2D eigenvalue weighted by atomic mass is 9.81. The molecule has 0 unspecified atom stereocenters. The molecule has 0 aromatic heterocycles. The third kappa shape index (κ3) is 2.04. The van der Waals surface area contributed by atoms with Crippen LogP contribution in [0.2, 0.25) is 0 Å². The molecule has 0 saturated carbocycles. The van der Waals surface area contributed by atoms with Crippen LogP contribution < -0.4 is 0 Å². The fraction of sp³-hybridized carbons (Fsp3) is 0.333. The molecule has 0 spiro atoms. The fourth-order valence-corrected chi connectivity index (χ4v) is 1.20. The largest absolute Gasteiger partial charge is 0.299 e. The number of carbonyl (C=O) groups excluding carboxylic acids is 1. The van der Waals surface area contributed by atoms with E-state index in [0.717, 1.165) is 0 Å². The minimum absolute atomic E-state index is 0.0157. The van der Waals surface area contributed by atoms with E-state index >= 15 is 0 Å². The molecule has 0 atom stereocenters. The van der Waals surface area contributed by atoms with Gasteiger partial charge in [0.15, 0.2) is 0 Å². The van der Waals surface area contributed by atoms with Crippen molar-refractivity contribution in [2.75, 3.05) is 0 Å². The number of ketones is 1. The third-order valence-corrected chi connectivity index (χ3v) is 2.69. The SMILES string of the molecule is CC(=O)C(C)(C)c1ccc(F)c(C#N)c1. The summed E-state index contributed by atoms with van der Waals surface area (Å²) in [6, 6.07) is 5.95. The minimum atomic E-state index is -0.681. The molecule has 2 nitrogen and oxygen atoms in total. The average Bonchev–Trinajstić information content (AvgIpc) is 2.18. The van der Waals surface area contributed by atoms with E-state index in [1.165, 1.54) is 25.1 Å². The first-order valence-corrected chi connectivity index (χ1v) is 4.60. The molecule has 0 amide bonds. The van der Waals surface area contributed by atoms with Crippen LogP contribution in [0.15, 0.2) is 18.2 Å². The Morgan fingerprint density at radius 2 is 2.07 bits per heavy atom. The van der Waals surface area contributed by atoms with Gasteiger partial charge in [-0.2, -0.15) is 5.26 Å². The van der Waals surface area contributed by atoms with Gasteiger partial charge in [0, 0.05) is 5.41 Å². The molecule has 3 heteroatoms. The number of rotatable bonds is 2. The molecule has 0 heterocycles. The number of Topliss-reactive ketones (excluding diaryl/α,β-unsaturated/α-hetero) is 1. The van der Waals surface area contributed by atoms with Gasteiger partial charge in [0.1, 0.15) is 17.7 Å². The number of nitriles is 1. The second-order valence-electron chi connectivity index (χ2n) is 3.99. The molecule has 78 valence electrons. The van der Waals surface area contributed by atoms with E-state index in [2.05, 4.69) is 0 Å². The molecule has 0 fully saturated rings. The zero-order chi connectivity index (χ0) is 11.6. The highest BCUT2D eigenvalue weighted by molar-refractivity contribution is 5.87. The van der Waals surface area contributed by atoms with Gasteiger partial charge in [0.25, 0.3) is 0 Å². The second kappa shape index (κ2) is 3.82. The van der Waals surface area contributed by atoms with Crippen LogP contribution in [0.5, 0.6) is 0 Å². The zero-order valence-electron chi connectivity index (χ0n) is 8.97. The molecule has 0 N–H and O–H groups in total. The van der Waals surface area contributed by atoms with E-state index in [9.17, 15) is 9.18 Å². The topological polar surface area (TPSA) is 40.9 Å². The lowest BCUT2D eigenvalue weighted by molar-refractivity contribution is -0.121. The van der Waals surface area contributed by atoms with Crippen molar-refractivity contribution in [2.45, 2.75) is 26.2 Å². The number of halogens is 1. The van der Waals surface area contributed by atoms with Crippen molar-refractivity contribution >= 4 is 5.78 Å². The highest BCUT2D eigenvalue weighted by atomic mass is 19.1. The number of hydrogen-bond acceptors (Lipinski definition) is 2. The van der Waals surface area contributed by atoms with Crippen LogP contribution in [0.25, 0.3) is 0 Å². The minimum Gasteiger partial charge on any atom is -0.299 e. The van der Waals surface area contributed by atoms with Gasteiger partial charge in [-0.1, -0.05) is 6.07 Å². The Bertz CT molecular complexity index is 443. The molecule has 0 saturated heterocycles. The summed E-state index contributed by atoms with van der Waals surface area (Å²) in [6.07, 6.45) is 0. The summed E-state index contributed by atoms with van der Waals surface area (Å²) in [7, 11) is 0. The molecular weight excluding hydrogens is 193 g/mol. The van der Waals surface area contributed by atoms with Crippen LogP contribution in [-0.2, 0) is 10.2 Å². The van der Waals surface area contributed by atoms with Gasteiger partial charge in [0.05, 0.1) is 5.56 Å². The van der Waals surface area contributed by atoms with E-state index in [0.29, 0.717) is 5.56 Å². The lowest BCUT2D eigenvalue weighted by Gasteiger charge is -2.21.